The third-order valence-corrected chi connectivity index (χ3v) is 5.49. The highest BCUT2D eigenvalue weighted by Crippen LogP contribution is 2.19. The van der Waals surface area contributed by atoms with E-state index in [1.807, 2.05) is 13.1 Å². The monoisotopic (exact) mass is 386 g/mol. The Morgan fingerprint density at radius 3 is 2.85 bits per heavy atom. The highest BCUT2D eigenvalue weighted by atomic mass is 32.1. The summed E-state index contributed by atoms with van der Waals surface area (Å²) < 4.78 is 0. The predicted octanol–water partition coefficient (Wildman–Crippen LogP) is 3.43. The van der Waals surface area contributed by atoms with E-state index in [1.165, 1.54) is 24.8 Å². The van der Waals surface area contributed by atoms with E-state index in [1.54, 1.807) is 11.3 Å². The summed E-state index contributed by atoms with van der Waals surface area (Å²) >= 11 is 1.69. The lowest BCUT2D eigenvalue weighted by atomic mass is 10.1. The topological polar surface area (TPSA) is 56.7 Å². The largest absolute Gasteiger partial charge is 0.357 e. The van der Waals surface area contributed by atoms with Gasteiger partial charge in [0, 0.05) is 38.3 Å². The molecule has 0 bridgehead atoms. The van der Waals surface area contributed by atoms with Crippen molar-refractivity contribution in [2.45, 2.75) is 46.2 Å². The maximum Gasteiger partial charge on any atom is 0.194 e. The van der Waals surface area contributed by atoms with Gasteiger partial charge in [-0.1, -0.05) is 0 Å². The van der Waals surface area contributed by atoms with Gasteiger partial charge in [0.1, 0.15) is 5.82 Å². The number of aromatic nitrogens is 2. The minimum absolute atomic E-state index is 0.645. The van der Waals surface area contributed by atoms with Gasteiger partial charge in [-0.25, -0.2) is 15.0 Å². The molecule has 0 amide bonds. The Bertz CT molecular complexity index is 750. The number of pyridine rings is 1. The molecule has 0 saturated carbocycles. The fraction of sp³-hybridized carbons (Fsp3) is 0.550. The second kappa shape index (κ2) is 9.69. The first-order chi connectivity index (χ1) is 13.2. The van der Waals surface area contributed by atoms with Crippen molar-refractivity contribution in [1.82, 2.24) is 20.2 Å². The third kappa shape index (κ3) is 5.66. The summed E-state index contributed by atoms with van der Waals surface area (Å²) in [7, 11) is 2.06. The average Bonchev–Trinajstić information content (AvgIpc) is 3.10. The molecule has 0 spiro atoms. The van der Waals surface area contributed by atoms with E-state index in [0.29, 0.717) is 6.54 Å². The van der Waals surface area contributed by atoms with Crippen LogP contribution >= 0.6 is 11.3 Å². The molecule has 1 aliphatic heterocycles. The van der Waals surface area contributed by atoms with Crippen LogP contribution in [0.15, 0.2) is 28.7 Å². The van der Waals surface area contributed by atoms with Gasteiger partial charge < -0.3 is 15.1 Å². The number of aryl methyl sites for hydroxylation is 1. The number of aliphatic imine (C=N–C) groups is 1. The Labute approximate surface area is 166 Å². The van der Waals surface area contributed by atoms with E-state index in [4.69, 9.17) is 4.99 Å². The van der Waals surface area contributed by atoms with Crippen LogP contribution in [0.2, 0.25) is 0 Å². The molecule has 0 aliphatic carbocycles. The Hall–Kier alpha value is -2.15. The number of nitrogens with one attached hydrogen (secondary N) is 1. The van der Waals surface area contributed by atoms with Gasteiger partial charge >= 0.3 is 0 Å². The fourth-order valence-corrected chi connectivity index (χ4v) is 3.89. The quantitative estimate of drug-likeness (QED) is 0.609. The summed E-state index contributed by atoms with van der Waals surface area (Å²) in [6.07, 6.45) is 5.76. The van der Waals surface area contributed by atoms with E-state index in [-0.39, 0.29) is 0 Å². The molecule has 0 unspecified atom stereocenters. The third-order valence-electron chi connectivity index (χ3n) is 4.66. The van der Waals surface area contributed by atoms with Crippen molar-refractivity contribution in [3.05, 3.63) is 40.0 Å². The second-order valence-electron chi connectivity index (χ2n) is 6.95. The Morgan fingerprint density at radius 1 is 1.33 bits per heavy atom. The lowest BCUT2D eigenvalue weighted by Crippen LogP contribution is -2.38. The normalized spacial score (nSPS) is 15.1. The first kappa shape index (κ1) is 19.6. The maximum atomic E-state index is 4.83. The summed E-state index contributed by atoms with van der Waals surface area (Å²) in [5, 5.41) is 6.60. The predicted molar refractivity (Wildman–Crippen MR) is 113 cm³/mol. The number of anilines is 1. The molecule has 1 N–H and O–H groups in total. The zero-order valence-electron chi connectivity index (χ0n) is 16.6. The SMILES string of the molecule is CCNC(=NCc1ccnc(N2CCCCC2)c1)N(C)Cc1csc(C)n1. The Balaban J connectivity index is 1.67. The number of guanidine groups is 1. The van der Waals surface area contributed by atoms with Crippen LogP contribution < -0.4 is 10.2 Å². The van der Waals surface area contributed by atoms with E-state index in [9.17, 15) is 0 Å². The molecule has 2 aromatic heterocycles. The molecule has 0 radical (unpaired) electrons. The minimum Gasteiger partial charge on any atom is -0.357 e. The number of hydrogen-bond acceptors (Lipinski definition) is 5. The molecule has 2 aromatic rings. The van der Waals surface area contributed by atoms with Crippen molar-refractivity contribution >= 4 is 23.1 Å². The molecule has 3 heterocycles. The Kier molecular flexibility index (Phi) is 7.04. The van der Waals surface area contributed by atoms with Crippen LogP contribution in [0.1, 0.15) is 42.5 Å². The molecule has 27 heavy (non-hydrogen) atoms. The van der Waals surface area contributed by atoms with Gasteiger partial charge in [-0.3, -0.25) is 0 Å². The van der Waals surface area contributed by atoms with Gasteiger partial charge in [0.05, 0.1) is 23.8 Å². The van der Waals surface area contributed by atoms with Crippen molar-refractivity contribution in [2.24, 2.45) is 4.99 Å². The van der Waals surface area contributed by atoms with Crippen molar-refractivity contribution in [3.63, 3.8) is 0 Å². The highest BCUT2D eigenvalue weighted by molar-refractivity contribution is 7.09. The van der Waals surface area contributed by atoms with Gasteiger partial charge in [-0.05, 0) is 50.8 Å². The maximum absolute atomic E-state index is 4.83. The first-order valence-electron chi connectivity index (χ1n) is 9.76. The van der Waals surface area contributed by atoms with Crippen molar-refractivity contribution < 1.29 is 0 Å². The average molecular weight is 387 g/mol. The van der Waals surface area contributed by atoms with Crippen LogP contribution in [0.3, 0.4) is 0 Å². The minimum atomic E-state index is 0.645. The molecule has 6 nitrogen and oxygen atoms in total. The molecule has 146 valence electrons. The molecular formula is C20H30N6S. The molecule has 1 saturated heterocycles. The Morgan fingerprint density at radius 2 is 2.15 bits per heavy atom. The molecular weight excluding hydrogens is 356 g/mol. The number of rotatable bonds is 6. The molecule has 1 aliphatic rings. The van der Waals surface area contributed by atoms with Crippen LogP contribution in [0, 0.1) is 6.92 Å². The molecule has 3 rings (SSSR count). The number of thiazole rings is 1. The van der Waals surface area contributed by atoms with Gasteiger partial charge in [-0.2, -0.15) is 0 Å². The van der Waals surface area contributed by atoms with Gasteiger partial charge in [-0.15, -0.1) is 11.3 Å². The summed E-state index contributed by atoms with van der Waals surface area (Å²) in [4.78, 5) is 18.5. The number of hydrogen-bond donors (Lipinski definition) is 1. The van der Waals surface area contributed by atoms with Crippen LogP contribution in [-0.2, 0) is 13.1 Å². The lowest BCUT2D eigenvalue weighted by Gasteiger charge is -2.27. The summed E-state index contributed by atoms with van der Waals surface area (Å²) in [5.74, 6) is 1.98. The van der Waals surface area contributed by atoms with E-state index in [2.05, 4.69) is 56.6 Å². The number of nitrogens with zero attached hydrogens (tertiary/aromatic N) is 5. The summed E-state index contributed by atoms with van der Waals surface area (Å²) in [5.41, 5.74) is 2.28. The lowest BCUT2D eigenvalue weighted by molar-refractivity contribution is 0.471. The molecule has 1 fully saturated rings. The zero-order valence-corrected chi connectivity index (χ0v) is 17.4. The van der Waals surface area contributed by atoms with E-state index in [0.717, 1.165) is 48.7 Å². The summed E-state index contributed by atoms with van der Waals surface area (Å²) in [6.45, 7) is 8.59. The molecule has 0 atom stereocenters. The van der Waals surface area contributed by atoms with Crippen molar-refractivity contribution in [1.29, 1.82) is 0 Å². The van der Waals surface area contributed by atoms with Crippen molar-refractivity contribution in [2.75, 3.05) is 31.6 Å². The van der Waals surface area contributed by atoms with E-state index >= 15 is 0 Å². The van der Waals surface area contributed by atoms with Gasteiger partial charge in [0.15, 0.2) is 5.96 Å². The number of piperidine rings is 1. The highest BCUT2D eigenvalue weighted by Gasteiger charge is 2.13. The first-order valence-corrected chi connectivity index (χ1v) is 10.6. The molecule has 7 heteroatoms. The van der Waals surface area contributed by atoms with Gasteiger partial charge in [0.2, 0.25) is 0 Å². The van der Waals surface area contributed by atoms with Gasteiger partial charge in [0.25, 0.3) is 0 Å². The smallest absolute Gasteiger partial charge is 0.194 e. The van der Waals surface area contributed by atoms with Crippen LogP contribution in [0.5, 0.6) is 0 Å². The van der Waals surface area contributed by atoms with Crippen LogP contribution in [0.25, 0.3) is 0 Å². The standard InChI is InChI=1S/C20H30N6S/c1-4-21-20(25(3)14-18-15-27-16(2)24-18)23-13-17-8-9-22-19(12-17)26-10-6-5-7-11-26/h8-9,12,15H,4-7,10-11,13-14H2,1-3H3,(H,21,23). The summed E-state index contributed by atoms with van der Waals surface area (Å²) in [6, 6.07) is 4.24. The fourth-order valence-electron chi connectivity index (χ4n) is 3.29. The van der Waals surface area contributed by atoms with Crippen LogP contribution in [-0.4, -0.2) is 47.5 Å². The van der Waals surface area contributed by atoms with Crippen molar-refractivity contribution in [3.8, 4) is 0 Å². The van der Waals surface area contributed by atoms with Crippen LogP contribution in [0.4, 0.5) is 5.82 Å². The second-order valence-corrected chi connectivity index (χ2v) is 8.02. The molecule has 0 aromatic carbocycles. The van der Waals surface area contributed by atoms with E-state index < -0.39 is 0 Å². The zero-order chi connectivity index (χ0) is 19.1.